The molecular weight excluding hydrogens is 280 g/mol. The Balaban J connectivity index is 1.96. The highest BCUT2D eigenvalue weighted by Gasteiger charge is 2.15. The van der Waals surface area contributed by atoms with Gasteiger partial charge in [-0.05, 0) is 13.0 Å². The second-order valence-electron chi connectivity index (χ2n) is 4.15. The summed E-state index contributed by atoms with van der Waals surface area (Å²) < 4.78 is 1.23. The molecule has 20 heavy (non-hydrogen) atoms. The Bertz CT molecular complexity index is 571. The summed E-state index contributed by atoms with van der Waals surface area (Å²) in [6.07, 6.45) is 2.83. The van der Waals surface area contributed by atoms with Gasteiger partial charge in [-0.2, -0.15) is 9.78 Å². The van der Waals surface area contributed by atoms with Crippen molar-refractivity contribution >= 4 is 23.9 Å². The molecule has 0 radical (unpaired) electrons. The Labute approximate surface area is 119 Å². The van der Waals surface area contributed by atoms with Gasteiger partial charge in [-0.15, -0.1) is 10.2 Å². The molecule has 0 aliphatic carbocycles. The molecule has 2 rings (SSSR count). The summed E-state index contributed by atoms with van der Waals surface area (Å²) in [5.74, 6) is 0.553. The largest absolute Gasteiger partial charge is 0.356 e. The first-order valence-electron chi connectivity index (χ1n) is 6.33. The number of hydrogen-bond acceptors (Lipinski definition) is 7. The number of aryl methyl sites for hydroxylation is 1. The first-order chi connectivity index (χ1) is 9.72. The molecule has 8 nitrogen and oxygen atoms in total. The summed E-state index contributed by atoms with van der Waals surface area (Å²) in [6, 6.07) is 0. The molecule has 1 amide bonds. The third-order valence-electron chi connectivity index (χ3n) is 2.65. The van der Waals surface area contributed by atoms with Crippen LogP contribution in [0.4, 0.5) is 0 Å². The first kappa shape index (κ1) is 14.7. The standard InChI is InChI=1S/C11H16N6O2S/c12-4-1-5-13-9(18)3-2-8-10(19)17-11(16-15-8)20-7-6-14-17/h6H,1-5,7,12H2,(H,13,18). The van der Waals surface area contributed by atoms with Gasteiger partial charge < -0.3 is 11.1 Å². The van der Waals surface area contributed by atoms with Crippen LogP contribution in [0.2, 0.25) is 0 Å². The van der Waals surface area contributed by atoms with Crippen LogP contribution in [0, 0.1) is 0 Å². The van der Waals surface area contributed by atoms with Gasteiger partial charge in [0.15, 0.2) is 0 Å². The summed E-state index contributed by atoms with van der Waals surface area (Å²) in [7, 11) is 0. The van der Waals surface area contributed by atoms with Gasteiger partial charge >= 0.3 is 0 Å². The zero-order valence-corrected chi connectivity index (χ0v) is 11.7. The number of nitrogens with zero attached hydrogens (tertiary/aromatic N) is 4. The summed E-state index contributed by atoms with van der Waals surface area (Å²) in [5.41, 5.74) is 5.28. The maximum Gasteiger partial charge on any atom is 0.296 e. The topological polar surface area (TPSA) is 115 Å². The van der Waals surface area contributed by atoms with Gasteiger partial charge in [0, 0.05) is 31.4 Å². The van der Waals surface area contributed by atoms with Gasteiger partial charge in [0.2, 0.25) is 11.1 Å². The fourth-order valence-corrected chi connectivity index (χ4v) is 2.26. The van der Waals surface area contributed by atoms with E-state index in [1.54, 1.807) is 6.21 Å². The lowest BCUT2D eigenvalue weighted by Gasteiger charge is -2.09. The van der Waals surface area contributed by atoms with Gasteiger partial charge in [-0.3, -0.25) is 9.59 Å². The van der Waals surface area contributed by atoms with Crippen LogP contribution in [0.1, 0.15) is 18.5 Å². The molecule has 0 unspecified atom stereocenters. The minimum atomic E-state index is -0.312. The average molecular weight is 296 g/mol. The molecule has 1 aromatic heterocycles. The van der Waals surface area contributed by atoms with Crippen molar-refractivity contribution in [3.63, 3.8) is 0 Å². The number of rotatable bonds is 6. The van der Waals surface area contributed by atoms with E-state index in [0.29, 0.717) is 24.0 Å². The van der Waals surface area contributed by atoms with E-state index in [1.165, 1.54) is 16.4 Å². The lowest BCUT2D eigenvalue weighted by Crippen LogP contribution is -2.30. The minimum Gasteiger partial charge on any atom is -0.356 e. The van der Waals surface area contributed by atoms with Crippen LogP contribution < -0.4 is 16.6 Å². The molecule has 0 fully saturated rings. The Morgan fingerprint density at radius 1 is 1.50 bits per heavy atom. The number of fused-ring (bicyclic) bond motifs is 1. The molecular formula is C11H16N6O2S. The Kier molecular flexibility index (Phi) is 5.24. The van der Waals surface area contributed by atoms with E-state index < -0.39 is 0 Å². The van der Waals surface area contributed by atoms with Gasteiger partial charge in [0.05, 0.1) is 0 Å². The smallest absolute Gasteiger partial charge is 0.296 e. The molecule has 3 N–H and O–H groups in total. The number of carbonyl (C=O) groups is 1. The van der Waals surface area contributed by atoms with Crippen molar-refractivity contribution in [3.05, 3.63) is 16.0 Å². The maximum atomic E-state index is 12.1. The zero-order chi connectivity index (χ0) is 14.4. The molecule has 0 bridgehead atoms. The van der Waals surface area contributed by atoms with E-state index in [-0.39, 0.29) is 30.0 Å². The van der Waals surface area contributed by atoms with Gasteiger partial charge in [-0.1, -0.05) is 11.8 Å². The fraction of sp³-hybridized carbons (Fsp3) is 0.545. The third kappa shape index (κ3) is 3.64. The van der Waals surface area contributed by atoms with Crippen LogP contribution in [-0.2, 0) is 11.2 Å². The number of nitrogens with two attached hydrogens (primary N) is 1. The van der Waals surface area contributed by atoms with Crippen molar-refractivity contribution in [2.45, 2.75) is 24.4 Å². The van der Waals surface area contributed by atoms with Crippen molar-refractivity contribution < 1.29 is 4.79 Å². The van der Waals surface area contributed by atoms with Crippen molar-refractivity contribution in [1.82, 2.24) is 20.2 Å². The van der Waals surface area contributed by atoms with Crippen LogP contribution >= 0.6 is 11.8 Å². The summed E-state index contributed by atoms with van der Waals surface area (Å²) in [6.45, 7) is 1.08. The Hall–Kier alpha value is -1.74. The highest BCUT2D eigenvalue weighted by molar-refractivity contribution is 7.99. The predicted molar refractivity (Wildman–Crippen MR) is 75.9 cm³/mol. The van der Waals surface area contributed by atoms with E-state index in [1.807, 2.05) is 0 Å². The Morgan fingerprint density at radius 3 is 3.15 bits per heavy atom. The average Bonchev–Trinajstić information content (AvgIpc) is 2.47. The SMILES string of the molecule is NCCCNC(=O)CCc1nnc2n(c1=O)N=CCS2. The lowest BCUT2D eigenvalue weighted by atomic mass is 10.2. The summed E-state index contributed by atoms with van der Waals surface area (Å²) in [5, 5.41) is 15.0. The van der Waals surface area contributed by atoms with Crippen molar-refractivity contribution in [3.8, 4) is 0 Å². The minimum absolute atomic E-state index is 0.125. The number of nitrogens with one attached hydrogen (secondary N) is 1. The number of aromatic nitrogens is 3. The molecule has 0 spiro atoms. The van der Waals surface area contributed by atoms with Gasteiger partial charge in [-0.25, -0.2) is 0 Å². The number of carbonyl (C=O) groups excluding carboxylic acids is 1. The molecule has 2 heterocycles. The second kappa shape index (κ2) is 7.15. The fourth-order valence-electron chi connectivity index (χ4n) is 1.62. The normalized spacial score (nSPS) is 13.1. The van der Waals surface area contributed by atoms with E-state index in [0.717, 1.165) is 6.42 Å². The van der Waals surface area contributed by atoms with E-state index in [4.69, 9.17) is 5.73 Å². The molecule has 0 saturated carbocycles. The predicted octanol–water partition coefficient (Wildman–Crippen LogP) is -1.02. The molecule has 0 saturated heterocycles. The lowest BCUT2D eigenvalue weighted by molar-refractivity contribution is -0.121. The van der Waals surface area contributed by atoms with Crippen molar-refractivity contribution in [2.75, 3.05) is 18.8 Å². The van der Waals surface area contributed by atoms with Gasteiger partial charge in [0.25, 0.3) is 5.56 Å². The monoisotopic (exact) mass is 296 g/mol. The van der Waals surface area contributed by atoms with Crippen LogP contribution in [0.15, 0.2) is 15.1 Å². The highest BCUT2D eigenvalue weighted by atomic mass is 32.2. The Morgan fingerprint density at radius 2 is 2.35 bits per heavy atom. The summed E-state index contributed by atoms with van der Waals surface area (Å²) in [4.78, 5) is 23.6. The van der Waals surface area contributed by atoms with E-state index in [9.17, 15) is 9.59 Å². The molecule has 1 aliphatic heterocycles. The maximum absolute atomic E-state index is 12.1. The van der Waals surface area contributed by atoms with E-state index >= 15 is 0 Å². The molecule has 108 valence electrons. The van der Waals surface area contributed by atoms with Crippen molar-refractivity contribution in [1.29, 1.82) is 0 Å². The highest BCUT2D eigenvalue weighted by Crippen LogP contribution is 2.14. The molecule has 1 aliphatic rings. The number of hydrogen-bond donors (Lipinski definition) is 2. The molecule has 9 heteroatoms. The van der Waals surface area contributed by atoms with Crippen LogP contribution in [0.5, 0.6) is 0 Å². The van der Waals surface area contributed by atoms with Crippen LogP contribution in [0.3, 0.4) is 0 Å². The summed E-state index contributed by atoms with van der Waals surface area (Å²) >= 11 is 1.40. The quantitative estimate of drug-likeness (QED) is 0.649. The molecule has 0 aromatic carbocycles. The van der Waals surface area contributed by atoms with Crippen LogP contribution in [0.25, 0.3) is 0 Å². The first-order valence-corrected chi connectivity index (χ1v) is 7.32. The third-order valence-corrected chi connectivity index (χ3v) is 3.48. The second-order valence-corrected chi connectivity index (χ2v) is 5.13. The van der Waals surface area contributed by atoms with Crippen molar-refractivity contribution in [2.24, 2.45) is 10.8 Å². The molecule has 0 atom stereocenters. The van der Waals surface area contributed by atoms with Crippen LogP contribution in [-0.4, -0.2) is 45.8 Å². The van der Waals surface area contributed by atoms with Gasteiger partial charge in [0.1, 0.15) is 5.69 Å². The molecule has 1 aromatic rings. The number of thioether (sulfide) groups is 1. The zero-order valence-electron chi connectivity index (χ0n) is 10.9. The number of amides is 1. The van der Waals surface area contributed by atoms with E-state index in [2.05, 4.69) is 20.6 Å².